The molecule has 0 bridgehead atoms. The van der Waals surface area contributed by atoms with Crippen LogP contribution < -0.4 is 0 Å². The Labute approximate surface area is 182 Å². The molecule has 0 unspecified atom stereocenters. The predicted octanol–water partition coefficient (Wildman–Crippen LogP) is 5.03. The Balaban J connectivity index is 3.38. The van der Waals surface area contributed by atoms with Crippen LogP contribution in [0.1, 0.15) is 0 Å². The number of hydrogen-bond acceptors (Lipinski definition) is 3. The summed E-state index contributed by atoms with van der Waals surface area (Å²) in [5, 5.41) is 0. The van der Waals surface area contributed by atoms with Gasteiger partial charge in [0, 0.05) is 0 Å². The van der Waals surface area contributed by atoms with E-state index in [4.69, 9.17) is 134 Å². The smallest absolute Gasteiger partial charge is 0.315 e. The minimum atomic E-state index is -3.62. The molecule has 21 heavy (non-hydrogen) atoms. The summed E-state index contributed by atoms with van der Waals surface area (Å²) in [6, 6.07) is 0. The third-order valence-corrected chi connectivity index (χ3v) is 13.0. The van der Waals surface area contributed by atoms with Crippen molar-refractivity contribution < 1.29 is 0 Å². The number of nitrogens with zero attached hydrogens (tertiary/aromatic N) is 3. The van der Waals surface area contributed by atoms with E-state index in [9.17, 15) is 0 Å². The van der Waals surface area contributed by atoms with Crippen LogP contribution in [-0.2, 0) is 0 Å². The standard InChI is InChI=1S/B3Cl12N3Si3/c4-1-16(19(7,8)9)2(5)18(21(13,14)15)3(6)17(1)20(10,11)12. The van der Waals surface area contributed by atoms with Gasteiger partial charge in [-0.05, 0) is 0 Å². The molecule has 0 saturated carbocycles. The molecule has 0 radical (unpaired) electrons. The predicted molar refractivity (Wildman–Crippen MR) is 110 cm³/mol. The highest BCUT2D eigenvalue weighted by Crippen LogP contribution is 2.44. The number of halogens is 12. The van der Waals surface area contributed by atoms with Crippen molar-refractivity contribution in [3.63, 3.8) is 0 Å². The SMILES string of the molecule is ClB1N([Si](Cl)(Cl)Cl)B(Cl)N([Si](Cl)(Cl)Cl)B(Cl)N1[Si](Cl)(Cl)Cl. The number of rotatable bonds is 3. The Morgan fingerprint density at radius 2 is 0.571 bits per heavy atom. The van der Waals surface area contributed by atoms with Crippen LogP contribution in [0.25, 0.3) is 0 Å². The van der Waals surface area contributed by atoms with Gasteiger partial charge in [0.1, 0.15) is 0 Å². The maximum atomic E-state index is 6.23. The molecule has 0 aromatic heterocycles. The topological polar surface area (TPSA) is 9.72 Å². The zero-order valence-corrected chi connectivity index (χ0v) is 21.2. The summed E-state index contributed by atoms with van der Waals surface area (Å²) in [6.45, 7) is 0. The summed E-state index contributed by atoms with van der Waals surface area (Å²) in [5.41, 5.74) is 0. The van der Waals surface area contributed by atoms with Crippen molar-refractivity contribution in [1.29, 1.82) is 0 Å². The van der Waals surface area contributed by atoms with E-state index < -0.39 is 37.7 Å². The van der Waals surface area contributed by atoms with Gasteiger partial charge in [-0.2, -0.15) is 34.4 Å². The first-order valence-electron chi connectivity index (χ1n) is 4.58. The average molecular weight is 584 g/mol. The quantitative estimate of drug-likeness (QED) is 0.341. The van der Waals surface area contributed by atoms with Gasteiger partial charge in [-0.1, -0.05) is 0 Å². The van der Waals surface area contributed by atoms with Crippen LogP contribution in [0.5, 0.6) is 0 Å². The average Bonchev–Trinajstić information content (AvgIpc) is 2.07. The highest BCUT2D eigenvalue weighted by atomic mass is 35.9. The lowest BCUT2D eigenvalue weighted by atomic mass is 9.81. The van der Waals surface area contributed by atoms with Crippen LogP contribution in [0.15, 0.2) is 0 Å². The zero-order valence-electron chi connectivity index (χ0n) is 9.11. The number of hydrogen-bond donors (Lipinski definition) is 0. The van der Waals surface area contributed by atoms with Crippen LogP contribution in [0, 0.1) is 0 Å². The van der Waals surface area contributed by atoms with Crippen molar-refractivity contribution in [3.05, 3.63) is 0 Å². The van der Waals surface area contributed by atoms with Crippen molar-refractivity contribution in [3.8, 4) is 0 Å². The highest BCUT2D eigenvalue weighted by molar-refractivity contribution is 7.72. The maximum absolute atomic E-state index is 6.23. The van der Waals surface area contributed by atoms with Gasteiger partial charge in [-0.25, -0.2) is 0 Å². The van der Waals surface area contributed by atoms with Crippen LogP contribution in [0.4, 0.5) is 0 Å². The highest BCUT2D eigenvalue weighted by Gasteiger charge is 2.66. The first-order valence-corrected chi connectivity index (χ1v) is 20.8. The van der Waals surface area contributed by atoms with Gasteiger partial charge in [-0.15, -0.1) is 99.7 Å². The molecule has 1 aliphatic rings. The van der Waals surface area contributed by atoms with E-state index in [2.05, 4.69) is 0 Å². The fourth-order valence-electron chi connectivity index (χ4n) is 1.43. The van der Waals surface area contributed by atoms with Crippen LogP contribution in [0.2, 0.25) is 0 Å². The minimum absolute atomic E-state index is 1.10. The molecule has 0 aromatic carbocycles. The summed E-state index contributed by atoms with van der Waals surface area (Å²) in [5.74, 6) is 0. The molecule has 0 amide bonds. The molecule has 0 atom stereocenters. The summed E-state index contributed by atoms with van der Waals surface area (Å²) in [7, 11) is 0. The van der Waals surface area contributed by atoms with Crippen LogP contribution in [-0.4, -0.2) is 50.9 Å². The van der Waals surface area contributed by atoms with Gasteiger partial charge in [-0.3, -0.25) is 0 Å². The molecule has 0 aromatic rings. The minimum Gasteiger partial charge on any atom is -0.315 e. The molecule has 0 spiro atoms. The van der Waals surface area contributed by atoms with Crippen molar-refractivity contribution in [2.45, 2.75) is 0 Å². The van der Waals surface area contributed by atoms with E-state index in [0.29, 0.717) is 0 Å². The van der Waals surface area contributed by atoms with Crippen molar-refractivity contribution in [2.24, 2.45) is 0 Å². The van der Waals surface area contributed by atoms with E-state index in [1.807, 2.05) is 0 Å². The largest absolute Gasteiger partial charge is 0.406 e. The molecule has 21 heteroatoms. The van der Waals surface area contributed by atoms with Crippen molar-refractivity contribution in [2.75, 3.05) is 0 Å². The normalized spacial score (nSPS) is 21.4. The van der Waals surface area contributed by atoms with E-state index in [1.54, 1.807) is 0 Å². The molecular weight excluding hydrogens is 584 g/mol. The Morgan fingerprint density at radius 3 is 0.667 bits per heavy atom. The van der Waals surface area contributed by atoms with Crippen LogP contribution >= 0.6 is 134 Å². The molecule has 1 saturated heterocycles. The lowest BCUT2D eigenvalue weighted by Crippen LogP contribution is -2.81. The summed E-state index contributed by atoms with van der Waals surface area (Å²) in [4.78, 5) is 0. The Bertz CT molecular complexity index is 310. The molecule has 1 rings (SSSR count). The monoisotopic (exact) mass is 579 g/mol. The van der Waals surface area contributed by atoms with E-state index in [-0.39, 0.29) is 0 Å². The lowest BCUT2D eigenvalue weighted by molar-refractivity contribution is 0.776. The molecule has 120 valence electrons. The first kappa shape index (κ1) is 23.2. The Morgan fingerprint density at radius 1 is 0.429 bits per heavy atom. The molecule has 0 N–H and O–H groups in total. The van der Waals surface area contributed by atoms with Crippen molar-refractivity contribution >= 4 is 172 Å². The molecular formula is B3Cl12N3Si3. The molecule has 1 aliphatic heterocycles. The van der Waals surface area contributed by atoms with Gasteiger partial charge in [0.25, 0.3) is 0 Å². The fraction of sp³-hybridized carbons (Fsp3) is 0. The van der Waals surface area contributed by atoms with E-state index in [1.165, 1.54) is 0 Å². The second kappa shape index (κ2) is 8.06. The van der Waals surface area contributed by atoms with Gasteiger partial charge in [0.2, 0.25) is 0 Å². The van der Waals surface area contributed by atoms with E-state index in [0.717, 1.165) is 13.2 Å². The van der Waals surface area contributed by atoms with Crippen LogP contribution in [0.3, 0.4) is 0 Å². The molecule has 1 heterocycles. The van der Waals surface area contributed by atoms with Crippen molar-refractivity contribution in [1.82, 2.24) is 13.2 Å². The van der Waals surface area contributed by atoms with Gasteiger partial charge >= 0.3 is 37.7 Å². The Hall–Kier alpha value is 4.21. The third-order valence-electron chi connectivity index (χ3n) is 2.26. The van der Waals surface area contributed by atoms with Gasteiger partial charge < -0.3 is 13.2 Å². The first-order chi connectivity index (χ1) is 9.10. The second-order valence-corrected chi connectivity index (χ2v) is 29.1. The lowest BCUT2D eigenvalue weighted by Gasteiger charge is -2.52. The second-order valence-electron chi connectivity index (χ2n) is 3.56. The molecule has 3 nitrogen and oxygen atoms in total. The molecule has 1 fully saturated rings. The summed E-state index contributed by atoms with van der Waals surface area (Å²) >= 11 is 72.5. The third kappa shape index (κ3) is 5.59. The fourth-order valence-corrected chi connectivity index (χ4v) is 15.1. The zero-order chi connectivity index (χ0) is 17.0. The Kier molecular flexibility index (Phi) is 8.93. The molecule has 0 aliphatic carbocycles. The maximum Gasteiger partial charge on any atom is 0.406 e. The van der Waals surface area contributed by atoms with Gasteiger partial charge in [0.15, 0.2) is 0 Å². The van der Waals surface area contributed by atoms with E-state index >= 15 is 0 Å². The summed E-state index contributed by atoms with van der Waals surface area (Å²) < 4.78 is 3.30. The van der Waals surface area contributed by atoms with Gasteiger partial charge in [0.05, 0.1) is 0 Å². The summed E-state index contributed by atoms with van der Waals surface area (Å²) in [6.07, 6.45) is -14.4.